The van der Waals surface area contributed by atoms with Crippen LogP contribution in [0.1, 0.15) is 24.2 Å². The van der Waals surface area contributed by atoms with Gasteiger partial charge in [-0.15, -0.1) is 5.10 Å². The van der Waals surface area contributed by atoms with Crippen molar-refractivity contribution in [2.24, 2.45) is 0 Å². The molecule has 0 saturated heterocycles. The zero-order valence-electron chi connectivity index (χ0n) is 8.85. The molecule has 0 amide bonds. The van der Waals surface area contributed by atoms with Crippen LogP contribution < -0.4 is 4.84 Å². The maximum atomic E-state index is 11.0. The molecule has 2 rings (SSSR count). The normalized spacial score (nSPS) is 11.0. The monoisotopic (exact) mass is 239 g/mol. The van der Waals surface area contributed by atoms with Gasteiger partial charge in [-0.05, 0) is 48.9 Å². The molecule has 1 aromatic carbocycles. The van der Waals surface area contributed by atoms with Gasteiger partial charge in [0.25, 0.3) is 5.24 Å². The maximum Gasteiger partial charge on any atom is 0.252 e. The summed E-state index contributed by atoms with van der Waals surface area (Å²) in [5.74, 6) is 0. The molecule has 1 heterocycles. The van der Waals surface area contributed by atoms with Crippen molar-refractivity contribution in [2.45, 2.75) is 20.0 Å². The second kappa shape index (κ2) is 4.09. The lowest BCUT2D eigenvalue weighted by molar-refractivity contribution is 0.0408. The minimum atomic E-state index is -0.513. The molecule has 0 aliphatic carbocycles. The van der Waals surface area contributed by atoms with Crippen molar-refractivity contribution in [1.82, 2.24) is 15.2 Å². The molecule has 0 atom stereocenters. The number of nitrogens with zero attached hydrogens (tertiary/aromatic N) is 3. The first-order valence-corrected chi connectivity index (χ1v) is 5.18. The van der Waals surface area contributed by atoms with Crippen molar-refractivity contribution >= 4 is 27.9 Å². The molecule has 0 aliphatic rings. The molecule has 0 bridgehead atoms. The summed E-state index contributed by atoms with van der Waals surface area (Å²) in [6.07, 6.45) is -0.000708. The Hall–Kier alpha value is -1.62. The third-order valence-corrected chi connectivity index (χ3v) is 2.17. The Morgan fingerprint density at radius 1 is 1.50 bits per heavy atom. The molecule has 0 radical (unpaired) electrons. The van der Waals surface area contributed by atoms with E-state index in [4.69, 9.17) is 16.4 Å². The lowest BCUT2D eigenvalue weighted by Crippen LogP contribution is -2.20. The second-order valence-corrected chi connectivity index (χ2v) is 3.94. The van der Waals surface area contributed by atoms with Gasteiger partial charge in [0.15, 0.2) is 0 Å². The molecular weight excluding hydrogens is 230 g/mol. The molecule has 0 saturated carbocycles. The molecule has 0 unspecified atom stereocenters. The van der Waals surface area contributed by atoms with Gasteiger partial charge in [0.05, 0.1) is 0 Å². The van der Waals surface area contributed by atoms with Crippen molar-refractivity contribution < 1.29 is 9.63 Å². The number of carbonyl (C=O) groups is 1. The molecule has 0 N–H and O–H groups in total. The van der Waals surface area contributed by atoms with E-state index in [2.05, 4.69) is 10.3 Å². The molecule has 1 aromatic heterocycles. The fourth-order valence-corrected chi connectivity index (χ4v) is 1.42. The SMILES string of the molecule is CC(C)On1nnc2cc(C(=O)Cl)ccc21. The summed E-state index contributed by atoms with van der Waals surface area (Å²) in [4.78, 5) is 17.7. The minimum Gasteiger partial charge on any atom is -0.392 e. The van der Waals surface area contributed by atoms with Crippen LogP contribution in [0.15, 0.2) is 18.2 Å². The molecule has 0 spiro atoms. The quantitative estimate of drug-likeness (QED) is 0.765. The predicted molar refractivity (Wildman–Crippen MR) is 59.4 cm³/mol. The Bertz CT molecular complexity index is 536. The van der Waals surface area contributed by atoms with E-state index in [1.54, 1.807) is 18.2 Å². The van der Waals surface area contributed by atoms with E-state index in [1.165, 1.54) is 4.85 Å². The molecule has 84 valence electrons. The lowest BCUT2D eigenvalue weighted by Gasteiger charge is -2.07. The Balaban J connectivity index is 2.46. The van der Waals surface area contributed by atoms with Crippen molar-refractivity contribution in [2.75, 3.05) is 0 Å². The maximum absolute atomic E-state index is 11.0. The fourth-order valence-electron chi connectivity index (χ4n) is 1.30. The minimum absolute atomic E-state index is 0.000708. The van der Waals surface area contributed by atoms with E-state index >= 15 is 0 Å². The van der Waals surface area contributed by atoms with Gasteiger partial charge in [-0.3, -0.25) is 4.79 Å². The Labute approximate surface area is 96.9 Å². The van der Waals surface area contributed by atoms with Gasteiger partial charge in [0, 0.05) is 5.56 Å². The topological polar surface area (TPSA) is 57.0 Å². The molecule has 6 heteroatoms. The average Bonchev–Trinajstić information content (AvgIpc) is 2.60. The lowest BCUT2D eigenvalue weighted by atomic mass is 10.2. The van der Waals surface area contributed by atoms with Crippen LogP contribution in [0.25, 0.3) is 11.0 Å². The number of hydrogen-bond donors (Lipinski definition) is 0. The Kier molecular flexibility index (Phi) is 2.78. The van der Waals surface area contributed by atoms with Crippen molar-refractivity contribution in [3.05, 3.63) is 23.8 Å². The van der Waals surface area contributed by atoms with Gasteiger partial charge in [-0.2, -0.15) is 0 Å². The molecule has 16 heavy (non-hydrogen) atoms. The summed E-state index contributed by atoms with van der Waals surface area (Å²) in [6.45, 7) is 3.79. The second-order valence-electron chi connectivity index (χ2n) is 3.59. The smallest absolute Gasteiger partial charge is 0.252 e. The van der Waals surface area contributed by atoms with Crippen LogP contribution in [0, 0.1) is 0 Å². The molecule has 0 aliphatic heterocycles. The van der Waals surface area contributed by atoms with Gasteiger partial charge < -0.3 is 4.84 Å². The third-order valence-electron chi connectivity index (χ3n) is 1.95. The van der Waals surface area contributed by atoms with Gasteiger partial charge >= 0.3 is 0 Å². The number of carbonyl (C=O) groups excluding carboxylic acids is 1. The highest BCUT2D eigenvalue weighted by Crippen LogP contribution is 2.14. The Morgan fingerprint density at radius 3 is 2.88 bits per heavy atom. The fraction of sp³-hybridized carbons (Fsp3) is 0.300. The van der Waals surface area contributed by atoms with Crippen LogP contribution in [0.3, 0.4) is 0 Å². The molecular formula is C10H10ClN3O2. The summed E-state index contributed by atoms with van der Waals surface area (Å²) in [5, 5.41) is 7.21. The summed E-state index contributed by atoms with van der Waals surface area (Å²) in [7, 11) is 0. The zero-order valence-corrected chi connectivity index (χ0v) is 9.60. The number of fused-ring (bicyclic) bond motifs is 1. The van der Waals surface area contributed by atoms with Crippen molar-refractivity contribution in [3.63, 3.8) is 0 Å². The van der Waals surface area contributed by atoms with E-state index in [-0.39, 0.29) is 6.10 Å². The van der Waals surface area contributed by atoms with Crippen LogP contribution in [-0.4, -0.2) is 26.5 Å². The summed E-state index contributed by atoms with van der Waals surface area (Å²) in [6, 6.07) is 4.90. The molecule has 0 fully saturated rings. The number of aromatic nitrogens is 3. The van der Waals surface area contributed by atoms with E-state index < -0.39 is 5.24 Å². The molecule has 2 aromatic rings. The van der Waals surface area contributed by atoms with Crippen LogP contribution in [0.4, 0.5) is 0 Å². The first-order chi connectivity index (χ1) is 7.58. The summed E-state index contributed by atoms with van der Waals surface area (Å²) < 4.78 is 0. The van der Waals surface area contributed by atoms with Crippen LogP contribution in [-0.2, 0) is 0 Å². The third kappa shape index (κ3) is 1.99. The highest BCUT2D eigenvalue weighted by Gasteiger charge is 2.09. The van der Waals surface area contributed by atoms with Gasteiger partial charge in [-0.1, -0.05) is 4.85 Å². The molecule has 5 nitrogen and oxygen atoms in total. The van der Waals surface area contributed by atoms with Crippen molar-refractivity contribution in [1.29, 1.82) is 0 Å². The Morgan fingerprint density at radius 2 is 2.25 bits per heavy atom. The van der Waals surface area contributed by atoms with Crippen molar-refractivity contribution in [3.8, 4) is 0 Å². The van der Waals surface area contributed by atoms with Gasteiger partial charge in [-0.25, -0.2) is 0 Å². The van der Waals surface area contributed by atoms with E-state index in [0.717, 1.165) is 0 Å². The van der Waals surface area contributed by atoms with E-state index in [9.17, 15) is 4.79 Å². The number of halogens is 1. The highest BCUT2D eigenvalue weighted by molar-refractivity contribution is 6.67. The standard InChI is InChI=1S/C10H10ClN3O2/c1-6(2)16-14-9-4-3-7(10(11)15)5-8(9)12-13-14/h3-6H,1-2H3. The first-order valence-electron chi connectivity index (χ1n) is 4.80. The average molecular weight is 240 g/mol. The van der Waals surface area contributed by atoms with Gasteiger partial charge in [0.1, 0.15) is 17.1 Å². The number of benzene rings is 1. The summed E-state index contributed by atoms with van der Waals surface area (Å²) in [5.41, 5.74) is 1.67. The number of rotatable bonds is 3. The summed E-state index contributed by atoms with van der Waals surface area (Å²) >= 11 is 5.37. The van der Waals surface area contributed by atoms with Crippen LogP contribution in [0.2, 0.25) is 0 Å². The highest BCUT2D eigenvalue weighted by atomic mass is 35.5. The van der Waals surface area contributed by atoms with Gasteiger partial charge in [0.2, 0.25) is 0 Å². The zero-order chi connectivity index (χ0) is 11.7. The number of hydrogen-bond acceptors (Lipinski definition) is 4. The predicted octanol–water partition coefficient (Wildman–Crippen LogP) is 1.65. The first kappa shape index (κ1) is 10.9. The van der Waals surface area contributed by atoms with E-state index in [1.807, 2.05) is 13.8 Å². The van der Waals surface area contributed by atoms with E-state index in [0.29, 0.717) is 16.6 Å². The van der Waals surface area contributed by atoms with Crippen LogP contribution >= 0.6 is 11.6 Å². The largest absolute Gasteiger partial charge is 0.392 e. The van der Waals surface area contributed by atoms with Crippen LogP contribution in [0.5, 0.6) is 0 Å².